The largest absolute Gasteiger partial charge is 0.494 e. The molecular formula is C24H22ClNO. The molecule has 1 aliphatic rings. The Bertz CT molecular complexity index is 1120. The van der Waals surface area contributed by atoms with Crippen molar-refractivity contribution in [1.29, 1.82) is 0 Å². The topological polar surface area (TPSA) is 22.1 Å². The molecule has 0 atom stereocenters. The van der Waals surface area contributed by atoms with E-state index >= 15 is 0 Å². The van der Waals surface area contributed by atoms with Crippen LogP contribution < -0.4 is 4.74 Å². The molecule has 1 aliphatic carbocycles. The molecule has 3 aromatic carbocycles. The van der Waals surface area contributed by atoms with Gasteiger partial charge in [-0.1, -0.05) is 30.3 Å². The molecule has 0 spiro atoms. The molecule has 136 valence electrons. The van der Waals surface area contributed by atoms with Crippen LogP contribution in [0.1, 0.15) is 24.5 Å². The Morgan fingerprint density at radius 2 is 1.67 bits per heavy atom. The lowest BCUT2D eigenvalue weighted by molar-refractivity contribution is 0.340. The van der Waals surface area contributed by atoms with Crippen molar-refractivity contribution in [2.45, 2.75) is 26.2 Å². The Balaban J connectivity index is 0.00000180. The van der Waals surface area contributed by atoms with Crippen molar-refractivity contribution >= 4 is 34.1 Å². The molecule has 0 amide bonds. The van der Waals surface area contributed by atoms with Gasteiger partial charge in [0.1, 0.15) is 5.75 Å². The van der Waals surface area contributed by atoms with Crippen molar-refractivity contribution in [3.63, 3.8) is 0 Å². The maximum absolute atomic E-state index is 5.59. The first kappa shape index (κ1) is 17.8. The summed E-state index contributed by atoms with van der Waals surface area (Å²) in [4.78, 5) is 5.10. The number of halogens is 1. The first-order chi connectivity index (χ1) is 12.8. The molecule has 27 heavy (non-hydrogen) atoms. The van der Waals surface area contributed by atoms with E-state index in [4.69, 9.17) is 9.72 Å². The fourth-order valence-electron chi connectivity index (χ4n) is 4.25. The summed E-state index contributed by atoms with van der Waals surface area (Å²) in [5.41, 5.74) is 6.35. The van der Waals surface area contributed by atoms with Gasteiger partial charge < -0.3 is 4.74 Å². The van der Waals surface area contributed by atoms with Crippen molar-refractivity contribution in [2.75, 3.05) is 6.61 Å². The zero-order chi connectivity index (χ0) is 17.5. The van der Waals surface area contributed by atoms with E-state index in [0.717, 1.165) is 29.8 Å². The van der Waals surface area contributed by atoms with Crippen LogP contribution in [0.5, 0.6) is 5.75 Å². The third-order valence-electron chi connectivity index (χ3n) is 5.38. The van der Waals surface area contributed by atoms with Crippen LogP contribution in [0.2, 0.25) is 0 Å². The second-order valence-electron chi connectivity index (χ2n) is 6.91. The number of fused-ring (bicyclic) bond motifs is 5. The lowest BCUT2D eigenvalue weighted by Gasteiger charge is -2.14. The second-order valence-corrected chi connectivity index (χ2v) is 6.91. The summed E-state index contributed by atoms with van der Waals surface area (Å²) in [7, 11) is 0. The van der Waals surface area contributed by atoms with Gasteiger partial charge in [-0.2, -0.15) is 0 Å². The highest BCUT2D eigenvalue weighted by atomic mass is 35.5. The number of aromatic nitrogens is 1. The van der Waals surface area contributed by atoms with Crippen molar-refractivity contribution in [1.82, 2.24) is 4.98 Å². The van der Waals surface area contributed by atoms with Crippen LogP contribution in [0, 0.1) is 0 Å². The number of aryl methyl sites for hydroxylation is 1. The fourth-order valence-corrected chi connectivity index (χ4v) is 4.25. The van der Waals surface area contributed by atoms with Gasteiger partial charge >= 0.3 is 0 Å². The highest BCUT2D eigenvalue weighted by Crippen LogP contribution is 2.39. The van der Waals surface area contributed by atoms with Crippen LogP contribution in [0.4, 0.5) is 0 Å². The van der Waals surface area contributed by atoms with Gasteiger partial charge in [-0.25, -0.2) is 4.98 Å². The van der Waals surface area contributed by atoms with Crippen LogP contribution >= 0.6 is 12.4 Å². The summed E-state index contributed by atoms with van der Waals surface area (Å²) in [5, 5.41) is 3.98. The number of ether oxygens (including phenoxy) is 1. The summed E-state index contributed by atoms with van der Waals surface area (Å²) in [6.45, 7) is 2.70. The van der Waals surface area contributed by atoms with Crippen molar-refractivity contribution in [3.05, 3.63) is 71.8 Å². The van der Waals surface area contributed by atoms with E-state index in [1.165, 1.54) is 39.3 Å². The number of benzene rings is 3. The molecule has 1 heterocycles. The third-order valence-corrected chi connectivity index (χ3v) is 5.38. The molecule has 2 nitrogen and oxygen atoms in total. The maximum Gasteiger partial charge on any atom is 0.119 e. The molecule has 0 bridgehead atoms. The summed E-state index contributed by atoms with van der Waals surface area (Å²) in [5.74, 6) is 0.916. The van der Waals surface area contributed by atoms with E-state index < -0.39 is 0 Å². The van der Waals surface area contributed by atoms with Gasteiger partial charge in [0, 0.05) is 10.9 Å². The fraction of sp³-hybridized carbons (Fsp3) is 0.208. The molecule has 0 fully saturated rings. The smallest absolute Gasteiger partial charge is 0.119 e. The van der Waals surface area contributed by atoms with Crippen LogP contribution in [0.15, 0.2) is 60.7 Å². The monoisotopic (exact) mass is 375 g/mol. The molecule has 0 aliphatic heterocycles. The Hall–Kier alpha value is -2.58. The van der Waals surface area contributed by atoms with Crippen molar-refractivity contribution < 1.29 is 4.74 Å². The second kappa shape index (κ2) is 7.21. The summed E-state index contributed by atoms with van der Waals surface area (Å²) >= 11 is 0. The zero-order valence-electron chi connectivity index (χ0n) is 15.4. The number of nitrogens with zero attached hydrogens (tertiary/aromatic N) is 1. The van der Waals surface area contributed by atoms with Gasteiger partial charge in [0.05, 0.1) is 17.8 Å². The zero-order valence-corrected chi connectivity index (χ0v) is 16.2. The number of hydrogen-bond donors (Lipinski definition) is 0. The SMILES string of the molecule is CCOc1ccc(-c2nc3ccc4ccccc4c3c3c2CCC3)cc1.Cl. The average Bonchev–Trinajstić information content (AvgIpc) is 3.18. The summed E-state index contributed by atoms with van der Waals surface area (Å²) in [6.07, 6.45) is 3.47. The quantitative estimate of drug-likeness (QED) is 0.388. The molecule has 5 rings (SSSR count). The predicted octanol–water partition coefficient (Wildman–Crippen LogP) is 6.36. The Morgan fingerprint density at radius 3 is 2.48 bits per heavy atom. The van der Waals surface area contributed by atoms with E-state index in [9.17, 15) is 0 Å². The molecule has 0 radical (unpaired) electrons. The van der Waals surface area contributed by atoms with Gasteiger partial charge in [0.15, 0.2) is 0 Å². The van der Waals surface area contributed by atoms with Crippen LogP contribution in [0.25, 0.3) is 32.9 Å². The summed E-state index contributed by atoms with van der Waals surface area (Å²) < 4.78 is 5.59. The average molecular weight is 376 g/mol. The first-order valence-electron chi connectivity index (χ1n) is 9.41. The normalized spacial score (nSPS) is 12.8. The molecular weight excluding hydrogens is 354 g/mol. The predicted molar refractivity (Wildman–Crippen MR) is 115 cm³/mol. The molecule has 0 saturated heterocycles. The maximum atomic E-state index is 5.59. The van der Waals surface area contributed by atoms with E-state index in [0.29, 0.717) is 6.61 Å². The van der Waals surface area contributed by atoms with Crippen molar-refractivity contribution in [3.8, 4) is 17.0 Å². The van der Waals surface area contributed by atoms with Crippen molar-refractivity contribution in [2.24, 2.45) is 0 Å². The van der Waals surface area contributed by atoms with Gasteiger partial charge in [-0.15, -0.1) is 12.4 Å². The molecule has 0 N–H and O–H groups in total. The Labute approximate surface area is 165 Å². The third kappa shape index (κ3) is 2.94. The lowest BCUT2D eigenvalue weighted by atomic mass is 9.95. The van der Waals surface area contributed by atoms with Crippen LogP contribution in [0.3, 0.4) is 0 Å². The van der Waals surface area contributed by atoms with Gasteiger partial charge in [0.2, 0.25) is 0 Å². The minimum absolute atomic E-state index is 0. The molecule has 0 unspecified atom stereocenters. The van der Waals surface area contributed by atoms with Gasteiger partial charge in [0.25, 0.3) is 0 Å². The number of hydrogen-bond acceptors (Lipinski definition) is 2. The van der Waals surface area contributed by atoms with Crippen LogP contribution in [-0.2, 0) is 12.8 Å². The molecule has 1 aromatic heterocycles. The van der Waals surface area contributed by atoms with Crippen LogP contribution in [-0.4, -0.2) is 11.6 Å². The highest BCUT2D eigenvalue weighted by Gasteiger charge is 2.21. The minimum atomic E-state index is 0. The first-order valence-corrected chi connectivity index (χ1v) is 9.41. The van der Waals surface area contributed by atoms with Gasteiger partial charge in [-0.05, 0) is 78.4 Å². The Morgan fingerprint density at radius 1 is 0.889 bits per heavy atom. The molecule has 3 heteroatoms. The number of pyridine rings is 1. The molecule has 4 aromatic rings. The molecule has 0 saturated carbocycles. The lowest BCUT2D eigenvalue weighted by Crippen LogP contribution is -1.97. The highest BCUT2D eigenvalue weighted by molar-refractivity contribution is 6.09. The van der Waals surface area contributed by atoms with Gasteiger partial charge in [-0.3, -0.25) is 0 Å². The standard InChI is InChI=1S/C24H21NO.ClH/c1-2-26-18-13-10-17(11-14-18)24-21-9-5-8-20(21)23-19-7-4-3-6-16(19)12-15-22(23)25-24;/h3-4,6-7,10-15H,2,5,8-9H2,1H3;1H. The van der Waals surface area contributed by atoms with E-state index in [1.54, 1.807) is 0 Å². The minimum Gasteiger partial charge on any atom is -0.494 e. The number of rotatable bonds is 3. The van der Waals surface area contributed by atoms with E-state index in [2.05, 4.69) is 48.5 Å². The Kier molecular flexibility index (Phi) is 4.75. The van der Waals surface area contributed by atoms with E-state index in [-0.39, 0.29) is 12.4 Å². The van der Waals surface area contributed by atoms with E-state index in [1.807, 2.05) is 19.1 Å². The summed E-state index contributed by atoms with van der Waals surface area (Å²) in [6, 6.07) is 21.4.